The number of nitrogens with zero attached hydrogens (tertiary/aromatic N) is 1. The molecule has 13 rings (SSSR count). The molecule has 2 unspecified atom stereocenters. The first kappa shape index (κ1) is 41.2. The Morgan fingerprint density at radius 2 is 1.04 bits per heavy atom. The van der Waals surface area contributed by atoms with E-state index in [0.717, 1.165) is 23.5 Å². The van der Waals surface area contributed by atoms with E-state index in [4.69, 9.17) is 0 Å². The number of para-hydroxylation sites is 2. The van der Waals surface area contributed by atoms with Gasteiger partial charge >= 0.3 is 0 Å². The van der Waals surface area contributed by atoms with Gasteiger partial charge in [-0.25, -0.2) is 0 Å². The number of allylic oxidation sites excluding steroid dienone is 4. The van der Waals surface area contributed by atoms with Crippen LogP contribution in [0.2, 0.25) is 0 Å². The van der Waals surface area contributed by atoms with E-state index < -0.39 is 0 Å². The van der Waals surface area contributed by atoms with Gasteiger partial charge in [-0.15, -0.1) is 11.3 Å². The Morgan fingerprint density at radius 1 is 0.464 bits per heavy atom. The van der Waals surface area contributed by atoms with E-state index in [9.17, 15) is 0 Å². The Kier molecular flexibility index (Phi) is 9.92. The third-order valence-corrected chi connectivity index (χ3v) is 16.1. The molecule has 0 saturated heterocycles. The zero-order chi connectivity index (χ0) is 46.1. The number of hydrogen-bond acceptors (Lipinski definition) is 2. The molecule has 0 bridgehead atoms. The van der Waals surface area contributed by atoms with Gasteiger partial charge in [-0.2, -0.15) is 0 Å². The Bertz CT molecular complexity index is 3850. The molecule has 0 amide bonds. The first-order chi connectivity index (χ1) is 34.0. The van der Waals surface area contributed by atoms with Crippen molar-refractivity contribution in [3.63, 3.8) is 0 Å². The smallest absolute Gasteiger partial charge is 0.0540 e. The van der Waals surface area contributed by atoms with Gasteiger partial charge in [0.1, 0.15) is 0 Å². The van der Waals surface area contributed by atoms with Gasteiger partial charge in [-0.05, 0) is 134 Å². The van der Waals surface area contributed by atoms with Gasteiger partial charge in [0.25, 0.3) is 0 Å². The van der Waals surface area contributed by atoms with Crippen molar-refractivity contribution in [2.24, 2.45) is 5.92 Å². The summed E-state index contributed by atoms with van der Waals surface area (Å²) in [5.41, 5.74) is 19.5. The molecule has 0 fully saturated rings. The molecule has 2 aliphatic rings. The maximum atomic E-state index is 2.51. The van der Waals surface area contributed by atoms with Gasteiger partial charge in [0.2, 0.25) is 0 Å². The van der Waals surface area contributed by atoms with Gasteiger partial charge < -0.3 is 4.90 Å². The maximum Gasteiger partial charge on any atom is 0.0540 e. The summed E-state index contributed by atoms with van der Waals surface area (Å²) in [4.78, 5) is 2.51. The second kappa shape index (κ2) is 16.6. The summed E-state index contributed by atoms with van der Waals surface area (Å²) in [6, 6.07) is 83.6. The summed E-state index contributed by atoms with van der Waals surface area (Å²) in [6.45, 7) is 4.69. The van der Waals surface area contributed by atoms with E-state index >= 15 is 0 Å². The van der Waals surface area contributed by atoms with E-state index in [-0.39, 0.29) is 5.41 Å². The highest BCUT2D eigenvalue weighted by Crippen LogP contribution is 2.54. The molecule has 0 N–H and O–H groups in total. The van der Waals surface area contributed by atoms with Crippen LogP contribution in [0.5, 0.6) is 0 Å². The van der Waals surface area contributed by atoms with Crippen molar-refractivity contribution in [1.29, 1.82) is 0 Å². The minimum Gasteiger partial charge on any atom is -0.309 e. The second-order valence-corrected chi connectivity index (χ2v) is 20.0. The molecular formula is C67H49NS. The first-order valence-corrected chi connectivity index (χ1v) is 25.0. The Morgan fingerprint density at radius 3 is 1.78 bits per heavy atom. The molecule has 2 aliphatic carbocycles. The maximum absolute atomic E-state index is 2.51. The van der Waals surface area contributed by atoms with Crippen molar-refractivity contribution in [1.82, 2.24) is 0 Å². The Labute approximate surface area is 408 Å². The lowest BCUT2D eigenvalue weighted by Gasteiger charge is -2.30. The van der Waals surface area contributed by atoms with Crippen molar-refractivity contribution in [3.8, 4) is 44.5 Å². The van der Waals surface area contributed by atoms with Crippen molar-refractivity contribution >= 4 is 64.9 Å². The predicted molar refractivity (Wildman–Crippen MR) is 296 cm³/mol. The molecule has 0 aliphatic heterocycles. The van der Waals surface area contributed by atoms with Crippen LogP contribution in [0.4, 0.5) is 17.1 Å². The summed E-state index contributed by atoms with van der Waals surface area (Å²) < 4.78 is 2.60. The summed E-state index contributed by atoms with van der Waals surface area (Å²) in [5, 5.41) is 5.11. The van der Waals surface area contributed by atoms with E-state index in [1.807, 2.05) is 11.3 Å². The first-order valence-electron chi connectivity index (χ1n) is 24.2. The minimum absolute atomic E-state index is 0.270. The lowest BCUT2D eigenvalue weighted by atomic mass is 9.74. The van der Waals surface area contributed by atoms with Crippen LogP contribution >= 0.6 is 11.3 Å². The highest BCUT2D eigenvalue weighted by Gasteiger charge is 2.40. The summed E-state index contributed by atoms with van der Waals surface area (Å²) >= 11 is 1.87. The van der Waals surface area contributed by atoms with E-state index in [0.29, 0.717) is 5.92 Å². The van der Waals surface area contributed by atoms with E-state index in [2.05, 4.69) is 261 Å². The monoisotopic (exact) mass is 899 g/mol. The van der Waals surface area contributed by atoms with Crippen LogP contribution < -0.4 is 4.90 Å². The molecule has 11 aromatic rings. The molecule has 2 atom stereocenters. The van der Waals surface area contributed by atoms with Crippen LogP contribution in [-0.2, 0) is 5.41 Å². The lowest BCUT2D eigenvalue weighted by molar-refractivity contribution is 0.714. The molecule has 10 aromatic carbocycles. The number of rotatable bonds is 8. The molecule has 1 nitrogen and oxygen atoms in total. The number of anilines is 3. The third-order valence-electron chi connectivity index (χ3n) is 14.9. The van der Waals surface area contributed by atoms with Crippen LogP contribution in [0.25, 0.3) is 81.0 Å². The van der Waals surface area contributed by atoms with Gasteiger partial charge in [0.05, 0.1) is 11.4 Å². The molecular weight excluding hydrogens is 851 g/mol. The lowest BCUT2D eigenvalue weighted by Crippen LogP contribution is -2.22. The molecule has 69 heavy (non-hydrogen) atoms. The zero-order valence-electron chi connectivity index (χ0n) is 38.7. The van der Waals surface area contributed by atoms with Crippen LogP contribution in [0, 0.1) is 5.92 Å². The van der Waals surface area contributed by atoms with Crippen molar-refractivity contribution in [3.05, 3.63) is 265 Å². The highest BCUT2D eigenvalue weighted by molar-refractivity contribution is 7.25. The zero-order valence-corrected chi connectivity index (χ0v) is 39.6. The quantitative estimate of drug-likeness (QED) is 0.147. The van der Waals surface area contributed by atoms with Gasteiger partial charge in [0.15, 0.2) is 0 Å². The molecule has 328 valence electrons. The molecule has 0 radical (unpaired) electrons. The van der Waals surface area contributed by atoms with Crippen LogP contribution in [0.15, 0.2) is 243 Å². The average molecular weight is 900 g/mol. The van der Waals surface area contributed by atoms with Crippen LogP contribution in [-0.4, -0.2) is 0 Å². The summed E-state index contributed by atoms with van der Waals surface area (Å²) in [6.07, 6.45) is 8.14. The molecule has 2 heteroatoms. The summed E-state index contributed by atoms with van der Waals surface area (Å²) in [7, 11) is 0. The molecule has 1 heterocycles. The summed E-state index contributed by atoms with van der Waals surface area (Å²) in [5.74, 6) is 0.538. The van der Waals surface area contributed by atoms with Gasteiger partial charge in [-0.3, -0.25) is 0 Å². The van der Waals surface area contributed by atoms with Crippen molar-refractivity contribution < 1.29 is 0 Å². The number of hydrogen-bond donors (Lipinski definition) is 0. The van der Waals surface area contributed by atoms with E-state index in [1.54, 1.807) is 0 Å². The van der Waals surface area contributed by atoms with Gasteiger partial charge in [-0.1, -0.05) is 207 Å². The fraction of sp³-hybridized carbons (Fsp3) is 0.0746. The Balaban J connectivity index is 1.01. The van der Waals surface area contributed by atoms with Crippen LogP contribution in [0.1, 0.15) is 42.5 Å². The molecule has 1 aromatic heterocycles. The predicted octanol–water partition coefficient (Wildman–Crippen LogP) is 19.0. The standard InChI is InChI=1S/C67H49NS/c1-44-33-35-46(36-34-44)51-25-14-17-47-18-15-26-56(65(47)51)54-22-7-11-29-61(54)68(62-30-12-8-23-55(62)57-27-16-32-64-66(57)58-24-9-13-31-63(58)69-64)50-40-37-45(38-41-50)48-39-42-53-52-21-6-10-28-59(52)67(2,60(53)43-48)49-19-4-3-5-20-49/h3-33,35-44H,34H2,1-2H3. The van der Waals surface area contributed by atoms with Crippen molar-refractivity contribution in [2.75, 3.05) is 4.90 Å². The largest absolute Gasteiger partial charge is 0.309 e. The number of benzene rings is 10. The molecule has 0 spiro atoms. The fourth-order valence-corrected chi connectivity index (χ4v) is 12.6. The van der Waals surface area contributed by atoms with Crippen LogP contribution in [0.3, 0.4) is 0 Å². The minimum atomic E-state index is -0.270. The van der Waals surface area contributed by atoms with Gasteiger partial charge in [0, 0.05) is 42.4 Å². The topological polar surface area (TPSA) is 3.24 Å². The molecule has 0 saturated carbocycles. The SMILES string of the molecule is CC1C=CC(c2cccc3cccc(-c4ccccc4N(c4ccc(-c5ccc6c(c5)C(C)(c5ccccc5)c5ccccc5-6)cc4)c4ccccc4-c4cccc5sc6ccccc6c45)c23)=CC1. The third kappa shape index (κ3) is 6.73. The number of fused-ring (bicyclic) bond motifs is 7. The second-order valence-electron chi connectivity index (χ2n) is 18.9. The van der Waals surface area contributed by atoms with Crippen molar-refractivity contribution in [2.45, 2.75) is 25.7 Å². The Hall–Kier alpha value is -8.04. The van der Waals surface area contributed by atoms with E-state index in [1.165, 1.54) is 103 Å². The fourth-order valence-electron chi connectivity index (χ4n) is 11.5. The highest BCUT2D eigenvalue weighted by atomic mass is 32.1. The number of thiophene rings is 1. The normalized spacial score (nSPS) is 16.1. The average Bonchev–Trinajstić information content (AvgIpc) is 3.92.